The van der Waals surface area contributed by atoms with Crippen molar-refractivity contribution in [3.8, 4) is 0 Å². The first-order chi connectivity index (χ1) is 15.6. The number of hydrogen-bond donors (Lipinski definition) is 0. The molecular formula is C27H27Cl2NO2S. The molecule has 0 bridgehead atoms. The second-order valence-electron chi connectivity index (χ2n) is 9.22. The molecule has 0 aliphatic rings. The maximum atomic E-state index is 12.7. The molecule has 0 radical (unpaired) electrons. The van der Waals surface area contributed by atoms with Crippen LogP contribution in [-0.4, -0.2) is 22.4 Å². The van der Waals surface area contributed by atoms with E-state index in [2.05, 4.69) is 48.1 Å². The molecular weight excluding hydrogens is 473 g/mol. The van der Waals surface area contributed by atoms with E-state index in [1.807, 2.05) is 39.0 Å². The molecule has 1 heterocycles. The van der Waals surface area contributed by atoms with Gasteiger partial charge in [0.05, 0.1) is 22.0 Å². The number of nitrogens with zero attached hydrogens (tertiary/aromatic N) is 1. The third-order valence-corrected chi connectivity index (χ3v) is 7.15. The molecule has 33 heavy (non-hydrogen) atoms. The minimum absolute atomic E-state index is 0.219. The number of carbonyl (C=O) groups is 1. The van der Waals surface area contributed by atoms with Crippen molar-refractivity contribution < 1.29 is 9.53 Å². The van der Waals surface area contributed by atoms with Crippen molar-refractivity contribution in [1.29, 1.82) is 0 Å². The van der Waals surface area contributed by atoms with Crippen molar-refractivity contribution >= 4 is 62.7 Å². The normalized spacial score (nSPS) is 12.0. The summed E-state index contributed by atoms with van der Waals surface area (Å²) >= 11 is 14.1. The average Bonchev–Trinajstić information content (AvgIpc) is 3.04. The molecule has 0 fully saturated rings. The van der Waals surface area contributed by atoms with E-state index in [0.29, 0.717) is 16.6 Å². The van der Waals surface area contributed by atoms with Gasteiger partial charge >= 0.3 is 5.97 Å². The van der Waals surface area contributed by atoms with Crippen molar-refractivity contribution in [2.24, 2.45) is 0 Å². The number of ether oxygens (including phenoxy) is 1. The van der Waals surface area contributed by atoms with Crippen LogP contribution in [0, 0.1) is 6.92 Å². The average molecular weight is 500 g/mol. The summed E-state index contributed by atoms with van der Waals surface area (Å²) in [5, 5.41) is 3.50. The number of fused-ring (bicyclic) bond motifs is 3. The highest BCUT2D eigenvalue weighted by Gasteiger charge is 2.22. The fourth-order valence-corrected chi connectivity index (χ4v) is 5.49. The summed E-state index contributed by atoms with van der Waals surface area (Å²) in [6, 6.07) is 16.3. The van der Waals surface area contributed by atoms with E-state index in [1.54, 1.807) is 11.8 Å². The Morgan fingerprint density at radius 2 is 1.79 bits per heavy atom. The van der Waals surface area contributed by atoms with Crippen LogP contribution in [-0.2, 0) is 22.5 Å². The van der Waals surface area contributed by atoms with E-state index in [9.17, 15) is 4.79 Å². The topological polar surface area (TPSA) is 31.2 Å². The van der Waals surface area contributed by atoms with Gasteiger partial charge in [0, 0.05) is 27.7 Å². The Bertz CT molecular complexity index is 1370. The Balaban J connectivity index is 1.94. The maximum absolute atomic E-state index is 12.7. The highest BCUT2D eigenvalue weighted by Crippen LogP contribution is 2.40. The zero-order valence-corrected chi connectivity index (χ0v) is 21.8. The zero-order valence-electron chi connectivity index (χ0n) is 19.5. The first-order valence-corrected chi connectivity index (χ1v) is 12.8. The first kappa shape index (κ1) is 24.0. The number of para-hydroxylation sites is 1. The van der Waals surface area contributed by atoms with Gasteiger partial charge in [-0.15, -0.1) is 11.8 Å². The molecule has 0 unspecified atom stereocenters. The Morgan fingerprint density at radius 1 is 1.06 bits per heavy atom. The number of hydrogen-bond acceptors (Lipinski definition) is 3. The fourth-order valence-electron chi connectivity index (χ4n) is 4.37. The number of thioether (sulfide) groups is 1. The molecule has 0 aliphatic heterocycles. The van der Waals surface area contributed by atoms with Crippen LogP contribution in [0.2, 0.25) is 10.0 Å². The van der Waals surface area contributed by atoms with E-state index in [0.717, 1.165) is 32.6 Å². The van der Waals surface area contributed by atoms with Gasteiger partial charge in [0.15, 0.2) is 0 Å². The van der Waals surface area contributed by atoms with Crippen LogP contribution in [0.3, 0.4) is 0 Å². The third kappa shape index (κ3) is 4.89. The lowest BCUT2D eigenvalue weighted by Gasteiger charge is -2.20. The van der Waals surface area contributed by atoms with E-state index < -0.39 is 5.60 Å². The second-order valence-corrected chi connectivity index (χ2v) is 10.9. The van der Waals surface area contributed by atoms with Crippen molar-refractivity contribution in [3.05, 3.63) is 75.3 Å². The largest absolute Gasteiger partial charge is 0.460 e. The summed E-state index contributed by atoms with van der Waals surface area (Å²) < 4.78 is 7.94. The van der Waals surface area contributed by atoms with Gasteiger partial charge in [0.25, 0.3) is 0 Å². The first-order valence-electron chi connectivity index (χ1n) is 10.8. The minimum atomic E-state index is -0.515. The number of benzene rings is 3. The number of halogens is 2. The lowest BCUT2D eigenvalue weighted by Crippen LogP contribution is -2.25. The smallest absolute Gasteiger partial charge is 0.310 e. The Labute approximate surface area is 209 Å². The summed E-state index contributed by atoms with van der Waals surface area (Å²) in [5.74, 6) is -0.219. The standard InChI is InChI=1S/C27H27Cl2NO2S/c1-16-12-18(14-23(31)32-27(2,3)4)26(33-5)25-24(16)19-8-6-7-9-22(19)30(25)15-17-10-11-20(28)21(29)13-17/h6-13H,14-15H2,1-5H3. The van der Waals surface area contributed by atoms with Crippen LogP contribution < -0.4 is 0 Å². The third-order valence-electron chi connectivity index (χ3n) is 5.55. The Kier molecular flexibility index (Phi) is 6.73. The predicted molar refractivity (Wildman–Crippen MR) is 141 cm³/mol. The highest BCUT2D eigenvalue weighted by molar-refractivity contribution is 7.98. The number of rotatable bonds is 5. The molecule has 0 saturated heterocycles. The highest BCUT2D eigenvalue weighted by atomic mass is 35.5. The monoisotopic (exact) mass is 499 g/mol. The molecule has 0 aliphatic carbocycles. The Hall–Kier alpha value is -2.14. The number of carbonyl (C=O) groups excluding carboxylic acids is 1. The van der Waals surface area contributed by atoms with E-state index in [4.69, 9.17) is 27.9 Å². The van der Waals surface area contributed by atoms with Gasteiger partial charge in [0.2, 0.25) is 0 Å². The summed E-state index contributed by atoms with van der Waals surface area (Å²) in [5.41, 5.74) is 4.96. The van der Waals surface area contributed by atoms with Crippen molar-refractivity contribution in [2.75, 3.05) is 6.26 Å². The lowest BCUT2D eigenvalue weighted by molar-refractivity contribution is -0.153. The van der Waals surface area contributed by atoms with Crippen molar-refractivity contribution in [2.45, 2.75) is 51.2 Å². The van der Waals surface area contributed by atoms with E-state index in [-0.39, 0.29) is 12.4 Å². The maximum Gasteiger partial charge on any atom is 0.310 e. The van der Waals surface area contributed by atoms with Crippen molar-refractivity contribution in [3.63, 3.8) is 0 Å². The quantitative estimate of drug-likeness (QED) is 0.205. The summed E-state index contributed by atoms with van der Waals surface area (Å²) in [6.07, 6.45) is 2.29. The molecule has 3 aromatic carbocycles. The van der Waals surface area contributed by atoms with Gasteiger partial charge in [-0.25, -0.2) is 0 Å². The molecule has 6 heteroatoms. The van der Waals surface area contributed by atoms with E-state index >= 15 is 0 Å². The van der Waals surface area contributed by atoms with Crippen LogP contribution in [0.15, 0.2) is 53.4 Å². The SMILES string of the molecule is CSc1c(CC(=O)OC(C)(C)C)cc(C)c2c3ccccc3n(Cc3ccc(Cl)c(Cl)c3)c12. The van der Waals surface area contributed by atoms with Crippen LogP contribution in [0.4, 0.5) is 0 Å². The summed E-state index contributed by atoms with van der Waals surface area (Å²) in [7, 11) is 0. The van der Waals surface area contributed by atoms with Crippen molar-refractivity contribution in [1.82, 2.24) is 4.57 Å². The predicted octanol–water partition coefficient (Wildman–Crippen LogP) is 8.06. The van der Waals surface area contributed by atoms with Crippen LogP contribution in [0.5, 0.6) is 0 Å². The molecule has 0 N–H and O–H groups in total. The molecule has 4 rings (SSSR count). The van der Waals surface area contributed by atoms with Gasteiger partial charge < -0.3 is 9.30 Å². The summed E-state index contributed by atoms with van der Waals surface area (Å²) in [4.78, 5) is 13.8. The van der Waals surface area contributed by atoms with Gasteiger partial charge in [-0.3, -0.25) is 4.79 Å². The van der Waals surface area contributed by atoms with Gasteiger partial charge in [-0.1, -0.05) is 53.5 Å². The molecule has 0 atom stereocenters. The number of esters is 1. The molecule has 172 valence electrons. The molecule has 0 spiro atoms. The van der Waals surface area contributed by atoms with Crippen LogP contribution in [0.25, 0.3) is 21.8 Å². The minimum Gasteiger partial charge on any atom is -0.460 e. The number of aryl methyl sites for hydroxylation is 1. The molecule has 0 amide bonds. The number of aromatic nitrogens is 1. The van der Waals surface area contributed by atoms with Gasteiger partial charge in [-0.2, -0.15) is 0 Å². The zero-order chi connectivity index (χ0) is 23.9. The Morgan fingerprint density at radius 3 is 2.45 bits per heavy atom. The van der Waals surface area contributed by atoms with E-state index in [1.165, 1.54) is 10.8 Å². The van der Waals surface area contributed by atoms with Crippen LogP contribution in [0.1, 0.15) is 37.5 Å². The molecule has 1 aromatic heterocycles. The lowest BCUT2D eigenvalue weighted by atomic mass is 10.0. The molecule has 4 aromatic rings. The van der Waals surface area contributed by atoms with Gasteiger partial charge in [0.1, 0.15) is 5.60 Å². The molecule has 3 nitrogen and oxygen atoms in total. The fraction of sp³-hybridized carbons (Fsp3) is 0.296. The summed E-state index contributed by atoms with van der Waals surface area (Å²) in [6.45, 7) is 8.43. The molecule has 0 saturated carbocycles. The van der Waals surface area contributed by atoms with Crippen LogP contribution >= 0.6 is 35.0 Å². The van der Waals surface area contributed by atoms with Gasteiger partial charge in [-0.05, 0) is 68.8 Å². The second kappa shape index (κ2) is 9.25.